The Balaban J connectivity index is 1.66. The van der Waals surface area contributed by atoms with Crippen LogP contribution in [0.5, 0.6) is 0 Å². The second kappa shape index (κ2) is 8.68. The molecule has 3 heterocycles. The molecule has 27 heavy (non-hydrogen) atoms. The highest BCUT2D eigenvalue weighted by Crippen LogP contribution is 2.21. The molecule has 0 radical (unpaired) electrons. The summed E-state index contributed by atoms with van der Waals surface area (Å²) in [5.74, 6) is 0.00574. The zero-order valence-corrected chi connectivity index (χ0v) is 16.8. The van der Waals surface area contributed by atoms with Crippen LogP contribution >= 0.6 is 0 Å². The number of hydrogen-bond donors (Lipinski definition) is 0. The van der Waals surface area contributed by atoms with Crippen molar-refractivity contribution in [2.45, 2.75) is 25.8 Å². The fourth-order valence-electron chi connectivity index (χ4n) is 3.71. The standard InChI is InChI=1S/C17H28N4O5S/c1-14-16(26-13-18-14)17(22)20-5-3-4-15(12-20)21(27(2,23)24)7-6-19-8-10-25-11-9-19/h13,15H,3-12H2,1-2H3. The van der Waals surface area contributed by atoms with Gasteiger partial charge < -0.3 is 14.1 Å². The fourth-order valence-corrected chi connectivity index (χ4v) is 4.84. The predicted molar refractivity (Wildman–Crippen MR) is 99.0 cm³/mol. The quantitative estimate of drug-likeness (QED) is 0.672. The molecule has 2 aliphatic heterocycles. The SMILES string of the molecule is Cc1ncoc1C(=O)N1CCCC(N(CCN2CCOCC2)S(C)(=O)=O)C1. The summed E-state index contributed by atoms with van der Waals surface area (Å²) in [6.45, 7) is 6.78. The maximum atomic E-state index is 12.7. The lowest BCUT2D eigenvalue weighted by Crippen LogP contribution is -2.53. The summed E-state index contributed by atoms with van der Waals surface area (Å²) in [5, 5.41) is 0. The normalized spacial score (nSPS) is 22.3. The first-order chi connectivity index (χ1) is 12.9. The number of likely N-dealkylation sites (tertiary alicyclic amines) is 1. The maximum absolute atomic E-state index is 12.7. The molecule has 9 nitrogen and oxygen atoms in total. The van der Waals surface area contributed by atoms with Crippen LogP contribution in [0.2, 0.25) is 0 Å². The van der Waals surface area contributed by atoms with Crippen LogP contribution in [0.15, 0.2) is 10.8 Å². The lowest BCUT2D eigenvalue weighted by molar-refractivity contribution is 0.0332. The summed E-state index contributed by atoms with van der Waals surface area (Å²) >= 11 is 0. The second-order valence-corrected chi connectivity index (χ2v) is 9.08. The molecule has 0 aliphatic carbocycles. The Hall–Kier alpha value is -1.49. The predicted octanol–water partition coefficient (Wildman–Crippen LogP) is 0.181. The number of morpholine rings is 1. The zero-order chi connectivity index (χ0) is 19.4. The molecule has 1 aromatic heterocycles. The van der Waals surface area contributed by atoms with Gasteiger partial charge in [-0.25, -0.2) is 13.4 Å². The number of nitrogens with zero attached hydrogens (tertiary/aromatic N) is 4. The molecule has 0 spiro atoms. The Bertz CT molecular complexity index is 744. The summed E-state index contributed by atoms with van der Waals surface area (Å²) in [6.07, 6.45) is 4.01. The molecule has 152 valence electrons. The van der Waals surface area contributed by atoms with Crippen molar-refractivity contribution in [3.63, 3.8) is 0 Å². The van der Waals surface area contributed by atoms with E-state index in [1.165, 1.54) is 12.6 Å². The van der Waals surface area contributed by atoms with Gasteiger partial charge in [0.05, 0.1) is 25.2 Å². The fraction of sp³-hybridized carbons (Fsp3) is 0.765. The van der Waals surface area contributed by atoms with Crippen LogP contribution in [0.25, 0.3) is 0 Å². The first kappa shape index (κ1) is 20.2. The number of carbonyl (C=O) groups excluding carboxylic acids is 1. The van der Waals surface area contributed by atoms with Crippen molar-refractivity contribution in [3.05, 3.63) is 17.8 Å². The Morgan fingerprint density at radius 3 is 2.70 bits per heavy atom. The highest BCUT2D eigenvalue weighted by Gasteiger charge is 2.34. The third-order valence-corrected chi connectivity index (χ3v) is 6.53. The van der Waals surface area contributed by atoms with E-state index in [-0.39, 0.29) is 17.7 Å². The minimum Gasteiger partial charge on any atom is -0.438 e. The van der Waals surface area contributed by atoms with Crippen LogP contribution in [0.3, 0.4) is 0 Å². The lowest BCUT2D eigenvalue weighted by atomic mass is 10.1. The molecule has 10 heteroatoms. The summed E-state index contributed by atoms with van der Waals surface area (Å²) < 4.78 is 36.9. The minimum atomic E-state index is -3.37. The van der Waals surface area contributed by atoms with Crippen LogP contribution in [0.4, 0.5) is 0 Å². The number of sulfonamides is 1. The van der Waals surface area contributed by atoms with E-state index >= 15 is 0 Å². The third kappa shape index (κ3) is 5.07. The molecule has 1 aromatic rings. The molecule has 0 aromatic carbocycles. The number of carbonyl (C=O) groups is 1. The molecule has 2 aliphatic rings. The first-order valence-corrected chi connectivity index (χ1v) is 11.2. The van der Waals surface area contributed by atoms with Gasteiger partial charge in [0.15, 0.2) is 6.39 Å². The number of aromatic nitrogens is 1. The van der Waals surface area contributed by atoms with E-state index in [1.54, 1.807) is 16.1 Å². The van der Waals surface area contributed by atoms with Gasteiger partial charge in [0.2, 0.25) is 15.8 Å². The summed E-state index contributed by atoms with van der Waals surface area (Å²) in [7, 11) is -3.37. The van der Waals surface area contributed by atoms with Crippen molar-refractivity contribution in [1.29, 1.82) is 0 Å². The highest BCUT2D eigenvalue weighted by atomic mass is 32.2. The highest BCUT2D eigenvalue weighted by molar-refractivity contribution is 7.88. The van der Waals surface area contributed by atoms with E-state index < -0.39 is 10.0 Å². The lowest BCUT2D eigenvalue weighted by Gasteiger charge is -2.39. The Morgan fingerprint density at radius 2 is 2.07 bits per heavy atom. The van der Waals surface area contributed by atoms with Crippen molar-refractivity contribution in [1.82, 2.24) is 19.1 Å². The number of oxazole rings is 1. The summed E-state index contributed by atoms with van der Waals surface area (Å²) in [4.78, 5) is 20.6. The van der Waals surface area contributed by atoms with Crippen LogP contribution in [0.1, 0.15) is 29.1 Å². The first-order valence-electron chi connectivity index (χ1n) is 9.32. The van der Waals surface area contributed by atoms with E-state index in [4.69, 9.17) is 9.15 Å². The Kier molecular flexibility index (Phi) is 6.51. The molecule has 1 amide bonds. The van der Waals surface area contributed by atoms with Gasteiger partial charge in [-0.1, -0.05) is 0 Å². The van der Waals surface area contributed by atoms with Gasteiger partial charge in [-0.2, -0.15) is 4.31 Å². The maximum Gasteiger partial charge on any atom is 0.291 e. The van der Waals surface area contributed by atoms with Gasteiger partial charge in [0, 0.05) is 45.3 Å². The molecule has 0 N–H and O–H groups in total. The van der Waals surface area contributed by atoms with Gasteiger partial charge in [-0.05, 0) is 19.8 Å². The molecular formula is C17H28N4O5S. The summed E-state index contributed by atoms with van der Waals surface area (Å²) in [5.41, 5.74) is 0.550. The summed E-state index contributed by atoms with van der Waals surface area (Å²) in [6, 6.07) is -0.220. The van der Waals surface area contributed by atoms with Gasteiger partial charge in [0.1, 0.15) is 0 Å². The third-order valence-electron chi connectivity index (χ3n) is 5.20. The number of amides is 1. The molecular weight excluding hydrogens is 372 g/mol. The largest absolute Gasteiger partial charge is 0.438 e. The average molecular weight is 401 g/mol. The van der Waals surface area contributed by atoms with Crippen molar-refractivity contribution < 1.29 is 22.4 Å². The van der Waals surface area contributed by atoms with Crippen LogP contribution in [0, 0.1) is 6.92 Å². The van der Waals surface area contributed by atoms with Crippen LogP contribution < -0.4 is 0 Å². The molecule has 0 bridgehead atoms. The van der Waals surface area contributed by atoms with Gasteiger partial charge in [0.25, 0.3) is 5.91 Å². The molecule has 2 saturated heterocycles. The van der Waals surface area contributed by atoms with Crippen LogP contribution in [-0.2, 0) is 14.8 Å². The molecule has 1 atom stereocenters. The van der Waals surface area contributed by atoms with Crippen LogP contribution in [-0.4, -0.2) is 98.2 Å². The van der Waals surface area contributed by atoms with E-state index in [0.29, 0.717) is 45.1 Å². The van der Waals surface area contributed by atoms with Crippen molar-refractivity contribution in [2.75, 3.05) is 58.7 Å². The monoisotopic (exact) mass is 400 g/mol. The zero-order valence-electron chi connectivity index (χ0n) is 16.0. The van der Waals surface area contributed by atoms with Crippen molar-refractivity contribution in [2.24, 2.45) is 0 Å². The number of rotatable bonds is 6. The van der Waals surface area contributed by atoms with Crippen molar-refractivity contribution in [3.8, 4) is 0 Å². The topological polar surface area (TPSA) is 96.2 Å². The van der Waals surface area contributed by atoms with Gasteiger partial charge in [-0.15, -0.1) is 0 Å². The Labute approximate surface area is 160 Å². The van der Waals surface area contributed by atoms with Gasteiger partial charge >= 0.3 is 0 Å². The van der Waals surface area contributed by atoms with E-state index in [9.17, 15) is 13.2 Å². The number of ether oxygens (including phenoxy) is 1. The average Bonchev–Trinajstić information content (AvgIpc) is 3.07. The Morgan fingerprint density at radius 1 is 1.33 bits per heavy atom. The van der Waals surface area contributed by atoms with Crippen molar-refractivity contribution >= 4 is 15.9 Å². The van der Waals surface area contributed by atoms with E-state index in [0.717, 1.165) is 25.9 Å². The van der Waals surface area contributed by atoms with E-state index in [2.05, 4.69) is 9.88 Å². The molecule has 0 saturated carbocycles. The molecule has 1 unspecified atom stereocenters. The number of hydrogen-bond acceptors (Lipinski definition) is 7. The minimum absolute atomic E-state index is 0.220. The number of aryl methyl sites for hydroxylation is 1. The second-order valence-electron chi connectivity index (χ2n) is 7.14. The number of piperidine rings is 1. The van der Waals surface area contributed by atoms with E-state index in [1.807, 2.05) is 0 Å². The van der Waals surface area contributed by atoms with Gasteiger partial charge in [-0.3, -0.25) is 9.69 Å². The molecule has 2 fully saturated rings. The smallest absolute Gasteiger partial charge is 0.291 e. The molecule has 3 rings (SSSR count).